The number of ether oxygens (including phenoxy) is 1. The smallest absolute Gasteiger partial charge is 0.250 e. The van der Waals surface area contributed by atoms with Crippen LogP contribution in [0.2, 0.25) is 5.02 Å². The molecule has 3 aromatic carbocycles. The number of aromatic nitrogens is 3. The molecule has 0 aliphatic heterocycles. The molecule has 182 valence electrons. The van der Waals surface area contributed by atoms with E-state index in [1.165, 1.54) is 18.0 Å². The second-order valence-electron chi connectivity index (χ2n) is 7.37. The largest absolute Gasteiger partial charge is 0.497 e. The number of hydrogen-bond donors (Lipinski definition) is 1. The van der Waals surface area contributed by atoms with E-state index in [1.54, 1.807) is 19.2 Å². The van der Waals surface area contributed by atoms with Gasteiger partial charge in [0.2, 0.25) is 0 Å². The molecule has 0 atom stereocenters. The molecule has 1 heterocycles. The van der Waals surface area contributed by atoms with Gasteiger partial charge in [0.1, 0.15) is 5.75 Å². The van der Waals surface area contributed by atoms with E-state index in [2.05, 4.69) is 36.7 Å². The van der Waals surface area contributed by atoms with Crippen LogP contribution in [0.25, 0.3) is 23.2 Å². The van der Waals surface area contributed by atoms with E-state index < -0.39 is 0 Å². The molecule has 36 heavy (non-hydrogen) atoms. The highest BCUT2D eigenvalue weighted by Crippen LogP contribution is 2.29. The van der Waals surface area contributed by atoms with Crippen molar-refractivity contribution in [3.8, 4) is 22.8 Å². The minimum absolute atomic E-state index is 0.103. The highest BCUT2D eigenvalue weighted by Gasteiger charge is 2.17. The molecule has 0 saturated carbocycles. The van der Waals surface area contributed by atoms with Gasteiger partial charge < -0.3 is 4.74 Å². The summed E-state index contributed by atoms with van der Waals surface area (Å²) in [6.45, 7) is 0. The number of nitrogens with zero attached hydrogens (tertiary/aromatic N) is 4. The molecule has 0 aliphatic carbocycles. The number of hydrazone groups is 1. The predicted octanol–water partition coefficient (Wildman–Crippen LogP) is 6.23. The summed E-state index contributed by atoms with van der Waals surface area (Å²) >= 11 is 10.8. The lowest BCUT2D eigenvalue weighted by Gasteiger charge is -2.11. The molecule has 1 aromatic heterocycles. The third-order valence-corrected chi connectivity index (χ3v) is 6.49. The second-order valence-corrected chi connectivity index (χ2v) is 9.66. The number of thioether (sulfide) groups is 1. The molecule has 4 aromatic rings. The molecular formula is C26H21BrClN5O2S. The third-order valence-electron chi connectivity index (χ3n) is 4.88. The Morgan fingerprint density at radius 3 is 2.50 bits per heavy atom. The second kappa shape index (κ2) is 12.5. The van der Waals surface area contributed by atoms with Gasteiger partial charge in [0, 0.05) is 20.8 Å². The van der Waals surface area contributed by atoms with E-state index in [-0.39, 0.29) is 11.7 Å². The Labute approximate surface area is 226 Å². The van der Waals surface area contributed by atoms with Gasteiger partial charge in [-0.3, -0.25) is 9.36 Å². The fourth-order valence-corrected chi connectivity index (χ4v) is 4.42. The highest BCUT2D eigenvalue weighted by molar-refractivity contribution is 9.12. The molecule has 1 N–H and O–H groups in total. The molecule has 0 fully saturated rings. The van der Waals surface area contributed by atoms with Gasteiger partial charge in [-0.2, -0.15) is 5.10 Å². The average molecular weight is 583 g/mol. The summed E-state index contributed by atoms with van der Waals surface area (Å²) in [7, 11) is 1.62. The minimum Gasteiger partial charge on any atom is -0.497 e. The van der Waals surface area contributed by atoms with Gasteiger partial charge in [-0.15, -0.1) is 10.2 Å². The van der Waals surface area contributed by atoms with E-state index >= 15 is 0 Å². The van der Waals surface area contributed by atoms with Crippen molar-refractivity contribution in [1.29, 1.82) is 0 Å². The van der Waals surface area contributed by atoms with Crippen molar-refractivity contribution in [3.63, 3.8) is 0 Å². The molecule has 7 nitrogen and oxygen atoms in total. The standard InChI is InChI=1S/C26H21BrClN5O2S/c1-35-23-13-7-19(8-14-23)25-31-32-26(33(25)22-11-9-21(28)10-12-22)36-17-24(34)30-29-16-20(27)15-18-5-3-2-4-6-18/h2-16H,17H2,1H3,(H,30,34)/b20-15-,29-16+. The summed E-state index contributed by atoms with van der Waals surface area (Å²) in [5.74, 6) is 1.21. The number of carbonyl (C=O) groups excluding carboxylic acids is 1. The van der Waals surface area contributed by atoms with Gasteiger partial charge in [-0.1, -0.05) is 53.7 Å². The Kier molecular flexibility index (Phi) is 8.94. The number of allylic oxidation sites excluding steroid dienone is 1. The van der Waals surface area contributed by atoms with Crippen LogP contribution in [-0.4, -0.2) is 39.7 Å². The Balaban J connectivity index is 1.47. The molecular weight excluding hydrogens is 562 g/mol. The number of amides is 1. The Bertz CT molecular complexity index is 1370. The third kappa shape index (κ3) is 6.84. The number of benzene rings is 3. The van der Waals surface area contributed by atoms with Crippen molar-refractivity contribution in [1.82, 2.24) is 20.2 Å². The maximum Gasteiger partial charge on any atom is 0.250 e. The van der Waals surface area contributed by atoms with Crippen molar-refractivity contribution in [2.45, 2.75) is 5.16 Å². The predicted molar refractivity (Wildman–Crippen MR) is 149 cm³/mol. The lowest BCUT2D eigenvalue weighted by molar-refractivity contribution is -0.118. The van der Waals surface area contributed by atoms with Crippen LogP contribution in [0.4, 0.5) is 0 Å². The van der Waals surface area contributed by atoms with Crippen molar-refractivity contribution < 1.29 is 9.53 Å². The minimum atomic E-state index is -0.270. The number of nitrogens with one attached hydrogen (secondary N) is 1. The number of carbonyl (C=O) groups is 1. The summed E-state index contributed by atoms with van der Waals surface area (Å²) in [6, 6.07) is 24.7. The van der Waals surface area contributed by atoms with Crippen LogP contribution < -0.4 is 10.2 Å². The Morgan fingerprint density at radius 2 is 1.81 bits per heavy atom. The maximum atomic E-state index is 12.4. The van der Waals surface area contributed by atoms with Crippen LogP contribution in [0.5, 0.6) is 5.75 Å². The van der Waals surface area contributed by atoms with Gasteiger partial charge in [-0.05, 0) is 76.1 Å². The summed E-state index contributed by atoms with van der Waals surface area (Å²) in [5.41, 5.74) is 5.24. The zero-order valence-electron chi connectivity index (χ0n) is 19.1. The molecule has 0 spiro atoms. The highest BCUT2D eigenvalue weighted by atomic mass is 79.9. The Hall–Kier alpha value is -3.40. The van der Waals surface area contributed by atoms with Crippen molar-refractivity contribution in [3.05, 3.63) is 93.9 Å². The van der Waals surface area contributed by atoms with Crippen molar-refractivity contribution in [2.24, 2.45) is 5.10 Å². The normalized spacial score (nSPS) is 11.6. The zero-order chi connectivity index (χ0) is 25.3. The van der Waals surface area contributed by atoms with Gasteiger partial charge in [0.15, 0.2) is 11.0 Å². The summed E-state index contributed by atoms with van der Waals surface area (Å²) < 4.78 is 7.87. The SMILES string of the molecule is COc1ccc(-c2nnc(SCC(=O)N/N=C/C(Br)=C/c3ccccc3)n2-c2ccc(Cl)cc2)cc1. The van der Waals surface area contributed by atoms with Crippen LogP contribution in [-0.2, 0) is 4.79 Å². The van der Waals surface area contributed by atoms with E-state index in [0.29, 0.717) is 16.0 Å². The van der Waals surface area contributed by atoms with Crippen molar-refractivity contribution >= 4 is 57.5 Å². The summed E-state index contributed by atoms with van der Waals surface area (Å²) in [4.78, 5) is 12.4. The first-order chi connectivity index (χ1) is 17.5. The number of hydrogen-bond acceptors (Lipinski definition) is 6. The van der Waals surface area contributed by atoms with Gasteiger partial charge in [-0.25, -0.2) is 5.43 Å². The molecule has 0 unspecified atom stereocenters. The van der Waals surface area contributed by atoms with E-state index in [1.807, 2.05) is 77.4 Å². The van der Waals surface area contributed by atoms with Gasteiger partial charge >= 0.3 is 0 Å². The topological polar surface area (TPSA) is 81.4 Å². The van der Waals surface area contributed by atoms with E-state index in [0.717, 1.165) is 27.0 Å². The molecule has 0 saturated heterocycles. The lowest BCUT2D eigenvalue weighted by atomic mass is 10.2. The van der Waals surface area contributed by atoms with Crippen LogP contribution >= 0.6 is 39.3 Å². The first-order valence-electron chi connectivity index (χ1n) is 10.8. The summed E-state index contributed by atoms with van der Waals surface area (Å²) in [6.07, 6.45) is 3.44. The molecule has 10 heteroatoms. The van der Waals surface area contributed by atoms with Gasteiger partial charge in [0.25, 0.3) is 5.91 Å². The number of rotatable bonds is 9. The molecule has 0 radical (unpaired) electrons. The van der Waals surface area contributed by atoms with E-state index in [9.17, 15) is 4.79 Å². The molecule has 1 amide bonds. The Morgan fingerprint density at radius 1 is 1.08 bits per heavy atom. The maximum absolute atomic E-state index is 12.4. The fraction of sp³-hybridized carbons (Fsp3) is 0.0769. The van der Waals surface area contributed by atoms with Crippen LogP contribution in [0.15, 0.2) is 93.6 Å². The lowest BCUT2D eigenvalue weighted by Crippen LogP contribution is -2.19. The van der Waals surface area contributed by atoms with E-state index in [4.69, 9.17) is 16.3 Å². The van der Waals surface area contributed by atoms with Crippen LogP contribution in [0.1, 0.15) is 5.56 Å². The number of methoxy groups -OCH3 is 1. The van der Waals surface area contributed by atoms with Crippen LogP contribution in [0.3, 0.4) is 0 Å². The first-order valence-corrected chi connectivity index (χ1v) is 12.9. The quantitative estimate of drug-likeness (QED) is 0.144. The monoisotopic (exact) mass is 581 g/mol. The fourth-order valence-electron chi connectivity index (χ4n) is 3.19. The van der Waals surface area contributed by atoms with Gasteiger partial charge in [0.05, 0.1) is 19.1 Å². The first kappa shape index (κ1) is 25.7. The zero-order valence-corrected chi connectivity index (χ0v) is 22.3. The summed E-state index contributed by atoms with van der Waals surface area (Å²) in [5, 5.41) is 13.9. The molecule has 0 bridgehead atoms. The number of halogens is 2. The van der Waals surface area contributed by atoms with Crippen molar-refractivity contribution in [2.75, 3.05) is 12.9 Å². The molecule has 0 aliphatic rings. The average Bonchev–Trinajstić information content (AvgIpc) is 3.32. The van der Waals surface area contributed by atoms with Crippen LogP contribution in [0, 0.1) is 0 Å². The molecule has 4 rings (SSSR count).